The van der Waals surface area contributed by atoms with E-state index in [0.717, 1.165) is 22.1 Å². The first-order valence-corrected chi connectivity index (χ1v) is 10.3. The van der Waals surface area contributed by atoms with Crippen LogP contribution in [-0.4, -0.2) is 35.1 Å². The monoisotopic (exact) mass is 393 g/mol. The van der Waals surface area contributed by atoms with Crippen LogP contribution >= 0.6 is 23.1 Å². The minimum atomic E-state index is -0.250. The summed E-state index contributed by atoms with van der Waals surface area (Å²) in [6, 6.07) is 5.57. The molecule has 0 bridgehead atoms. The third-order valence-corrected chi connectivity index (χ3v) is 5.24. The molecule has 0 spiro atoms. The molecule has 1 amide bonds. The van der Waals surface area contributed by atoms with E-state index in [2.05, 4.69) is 22.4 Å². The summed E-state index contributed by atoms with van der Waals surface area (Å²) in [5.74, 6) is 2.10. The number of carbonyl (C=O) groups excluding carboxylic acids is 1. The van der Waals surface area contributed by atoms with Gasteiger partial charge in [0.2, 0.25) is 11.0 Å². The van der Waals surface area contributed by atoms with E-state index in [-0.39, 0.29) is 5.91 Å². The number of aromatic nitrogens is 2. The Labute approximate surface area is 162 Å². The van der Waals surface area contributed by atoms with Crippen LogP contribution in [0.3, 0.4) is 0 Å². The molecule has 0 atom stereocenters. The minimum absolute atomic E-state index is 0.250. The quantitative estimate of drug-likeness (QED) is 0.364. The van der Waals surface area contributed by atoms with Crippen LogP contribution in [0.4, 0.5) is 5.13 Å². The molecule has 0 saturated heterocycles. The van der Waals surface area contributed by atoms with E-state index in [1.54, 1.807) is 17.8 Å². The van der Waals surface area contributed by atoms with E-state index < -0.39 is 0 Å². The van der Waals surface area contributed by atoms with Crippen molar-refractivity contribution in [2.45, 2.75) is 31.5 Å². The maximum atomic E-state index is 12.1. The molecule has 0 radical (unpaired) electrons. The Morgan fingerprint density at radius 3 is 2.69 bits per heavy atom. The van der Waals surface area contributed by atoms with Gasteiger partial charge in [-0.25, -0.2) is 0 Å². The molecule has 1 N–H and O–H groups in total. The predicted molar refractivity (Wildman–Crippen MR) is 107 cm³/mol. The van der Waals surface area contributed by atoms with Crippen molar-refractivity contribution < 1.29 is 14.3 Å². The van der Waals surface area contributed by atoms with Crippen LogP contribution < -0.4 is 14.8 Å². The molecule has 26 heavy (non-hydrogen) atoms. The Morgan fingerprint density at radius 2 is 1.96 bits per heavy atom. The van der Waals surface area contributed by atoms with Gasteiger partial charge in [-0.1, -0.05) is 36.1 Å². The molecule has 1 aromatic carbocycles. The van der Waals surface area contributed by atoms with Crippen molar-refractivity contribution in [3.8, 4) is 11.5 Å². The molecular weight excluding hydrogens is 370 g/mol. The van der Waals surface area contributed by atoms with Gasteiger partial charge in [-0.2, -0.15) is 0 Å². The molecule has 1 aromatic heterocycles. The van der Waals surface area contributed by atoms with Crippen molar-refractivity contribution in [2.75, 3.05) is 24.3 Å². The summed E-state index contributed by atoms with van der Waals surface area (Å²) >= 11 is 3.02. The summed E-state index contributed by atoms with van der Waals surface area (Å²) in [5.41, 5.74) is 0.850. The Hall–Kier alpha value is -2.06. The van der Waals surface area contributed by atoms with Crippen molar-refractivity contribution in [3.05, 3.63) is 29.8 Å². The van der Waals surface area contributed by atoms with Gasteiger partial charge in [-0.15, -0.1) is 10.2 Å². The molecule has 2 rings (SSSR count). The number of hydrogen-bond donors (Lipinski definition) is 1. The van der Waals surface area contributed by atoms with E-state index in [0.29, 0.717) is 29.8 Å². The molecule has 0 fully saturated rings. The lowest BCUT2D eigenvalue weighted by Crippen LogP contribution is -2.07. The minimum Gasteiger partial charge on any atom is -0.490 e. The number of thioether (sulfide) groups is 1. The van der Waals surface area contributed by atoms with Crippen LogP contribution in [-0.2, 0) is 4.79 Å². The van der Waals surface area contributed by atoms with Gasteiger partial charge in [0.05, 0.1) is 13.2 Å². The van der Waals surface area contributed by atoms with Crippen LogP contribution in [0, 0.1) is 0 Å². The van der Waals surface area contributed by atoms with Gasteiger partial charge in [-0.05, 0) is 44.0 Å². The van der Waals surface area contributed by atoms with Crippen LogP contribution in [0.25, 0.3) is 6.08 Å². The van der Waals surface area contributed by atoms with E-state index in [9.17, 15) is 4.79 Å². The fourth-order valence-electron chi connectivity index (χ4n) is 2.00. The average Bonchev–Trinajstić information content (AvgIpc) is 3.07. The largest absolute Gasteiger partial charge is 0.490 e. The van der Waals surface area contributed by atoms with Crippen molar-refractivity contribution in [1.82, 2.24) is 10.2 Å². The zero-order valence-electron chi connectivity index (χ0n) is 15.2. The highest BCUT2D eigenvalue weighted by atomic mass is 32.2. The normalized spacial score (nSPS) is 10.9. The van der Waals surface area contributed by atoms with E-state index in [4.69, 9.17) is 9.47 Å². The van der Waals surface area contributed by atoms with Gasteiger partial charge in [0.1, 0.15) is 0 Å². The van der Waals surface area contributed by atoms with Crippen molar-refractivity contribution in [3.63, 3.8) is 0 Å². The summed E-state index contributed by atoms with van der Waals surface area (Å²) in [6.07, 6.45) is 4.26. The lowest BCUT2D eigenvalue weighted by atomic mass is 10.2. The summed E-state index contributed by atoms with van der Waals surface area (Å²) in [7, 11) is 0. The summed E-state index contributed by atoms with van der Waals surface area (Å²) < 4.78 is 12.0. The van der Waals surface area contributed by atoms with E-state index >= 15 is 0 Å². The molecule has 140 valence electrons. The number of rotatable bonds is 10. The second-order valence-electron chi connectivity index (χ2n) is 5.12. The fraction of sp³-hybridized carbons (Fsp3) is 0.389. The number of nitrogens with zero attached hydrogens (tertiary/aromatic N) is 2. The summed E-state index contributed by atoms with van der Waals surface area (Å²) in [5, 5.41) is 11.3. The first-order valence-electron chi connectivity index (χ1n) is 8.51. The first kappa shape index (κ1) is 20.3. The lowest BCUT2D eigenvalue weighted by Gasteiger charge is -2.11. The molecular formula is C18H23N3O3S2. The molecule has 6 nitrogen and oxygen atoms in total. The van der Waals surface area contributed by atoms with Crippen molar-refractivity contribution >= 4 is 40.2 Å². The second kappa shape index (κ2) is 10.8. The number of carbonyl (C=O) groups is 1. The molecule has 0 aliphatic rings. The van der Waals surface area contributed by atoms with Gasteiger partial charge in [0.25, 0.3) is 0 Å². The van der Waals surface area contributed by atoms with E-state index in [1.807, 2.05) is 32.0 Å². The molecule has 1 heterocycles. The lowest BCUT2D eigenvalue weighted by molar-refractivity contribution is -0.111. The SMILES string of the molecule is CCCSc1nnc(NC(=O)/C=C/c2ccc(OCC)c(OCC)c2)s1. The number of amides is 1. The average molecular weight is 394 g/mol. The second-order valence-corrected chi connectivity index (χ2v) is 7.44. The topological polar surface area (TPSA) is 73.3 Å². The van der Waals surface area contributed by atoms with E-state index in [1.165, 1.54) is 17.4 Å². The predicted octanol–water partition coefficient (Wildman–Crippen LogP) is 4.49. The van der Waals surface area contributed by atoms with Gasteiger partial charge in [0, 0.05) is 11.8 Å². The molecule has 0 saturated carbocycles. The van der Waals surface area contributed by atoms with Gasteiger partial charge >= 0.3 is 0 Å². The molecule has 0 aliphatic carbocycles. The maximum absolute atomic E-state index is 12.1. The Morgan fingerprint density at radius 1 is 1.19 bits per heavy atom. The standard InChI is InChI=1S/C18H23N3O3S2/c1-4-11-25-18-21-20-17(26-18)19-16(22)10-8-13-7-9-14(23-5-2)15(12-13)24-6-3/h7-10,12H,4-6,11H2,1-3H3,(H,19,20,22)/b10-8+. The zero-order valence-corrected chi connectivity index (χ0v) is 16.8. The third-order valence-electron chi connectivity index (χ3n) is 3.06. The number of anilines is 1. The highest BCUT2D eigenvalue weighted by Gasteiger charge is 2.07. The smallest absolute Gasteiger partial charge is 0.250 e. The van der Waals surface area contributed by atoms with Crippen molar-refractivity contribution in [2.24, 2.45) is 0 Å². The Bertz CT molecular complexity index is 747. The Kier molecular flexibility index (Phi) is 8.43. The molecule has 0 unspecified atom stereocenters. The van der Waals surface area contributed by atoms with Gasteiger partial charge in [-0.3, -0.25) is 10.1 Å². The summed E-state index contributed by atoms with van der Waals surface area (Å²) in [4.78, 5) is 12.1. The van der Waals surface area contributed by atoms with Crippen LogP contribution in [0.2, 0.25) is 0 Å². The number of benzene rings is 1. The zero-order chi connectivity index (χ0) is 18.8. The molecule has 0 aliphatic heterocycles. The van der Waals surface area contributed by atoms with Gasteiger partial charge < -0.3 is 9.47 Å². The number of hydrogen-bond acceptors (Lipinski definition) is 7. The summed E-state index contributed by atoms with van der Waals surface area (Å²) in [6.45, 7) is 7.06. The van der Waals surface area contributed by atoms with Crippen molar-refractivity contribution in [1.29, 1.82) is 0 Å². The maximum Gasteiger partial charge on any atom is 0.250 e. The van der Waals surface area contributed by atoms with Crippen LogP contribution in [0.15, 0.2) is 28.6 Å². The molecule has 2 aromatic rings. The van der Waals surface area contributed by atoms with Crippen LogP contribution in [0.5, 0.6) is 11.5 Å². The van der Waals surface area contributed by atoms with Crippen LogP contribution in [0.1, 0.15) is 32.8 Å². The first-order chi connectivity index (χ1) is 12.7. The number of ether oxygens (including phenoxy) is 2. The molecule has 8 heteroatoms. The highest BCUT2D eigenvalue weighted by Crippen LogP contribution is 2.29. The number of nitrogens with one attached hydrogen (secondary N) is 1. The fourth-order valence-corrected chi connectivity index (χ4v) is 3.68. The Balaban J connectivity index is 1.98. The highest BCUT2D eigenvalue weighted by molar-refractivity contribution is 8.01. The third kappa shape index (κ3) is 6.34. The van der Waals surface area contributed by atoms with Gasteiger partial charge in [0.15, 0.2) is 15.8 Å².